The third-order valence-corrected chi connectivity index (χ3v) is 14.4. The number of ether oxygens (including phenoxy) is 1. The molecule has 1 saturated heterocycles. The number of anilines is 2. The summed E-state index contributed by atoms with van der Waals surface area (Å²) in [5, 5.41) is 5.24. The summed E-state index contributed by atoms with van der Waals surface area (Å²) >= 11 is -0.660. The van der Waals surface area contributed by atoms with Crippen LogP contribution >= 0.6 is 11.9 Å². The van der Waals surface area contributed by atoms with Crippen LogP contribution in [0.1, 0.15) is 74.7 Å². The minimum absolute atomic E-state index is 0.00967. The van der Waals surface area contributed by atoms with Crippen molar-refractivity contribution in [3.05, 3.63) is 71.9 Å². The van der Waals surface area contributed by atoms with Crippen LogP contribution < -0.4 is 23.9 Å². The Morgan fingerprint density at radius 1 is 0.964 bits per heavy atom. The SMILES string of the molecule is [B]C([B])(Oc1ccn(-c2ccc3c(n2)N2CC(CCCNc4nc(ccc4OS(=O)c4ccc(C)cc4)SNC3=O)CC2(C)C)n1)C([B])([B])C1C2(CC2)C12CC2. The number of amides is 1. The molecule has 5 aliphatic rings. The molecule has 3 aliphatic carbocycles. The Morgan fingerprint density at radius 2 is 1.70 bits per heavy atom. The number of benzene rings is 1. The van der Waals surface area contributed by atoms with Gasteiger partial charge in [0.2, 0.25) is 17.0 Å². The second kappa shape index (κ2) is 13.4. The molecule has 4 bridgehead atoms. The summed E-state index contributed by atoms with van der Waals surface area (Å²) in [6.45, 7) is 7.67. The topological polar surface area (TPSA) is 123 Å². The van der Waals surface area contributed by atoms with Gasteiger partial charge in [-0.15, -0.1) is 5.10 Å². The van der Waals surface area contributed by atoms with Crippen LogP contribution in [0.2, 0.25) is 5.21 Å². The molecule has 8 radical (unpaired) electrons. The highest BCUT2D eigenvalue weighted by atomic mass is 32.2. The highest BCUT2D eigenvalue weighted by molar-refractivity contribution is 7.97. The second-order valence-corrected chi connectivity index (χ2v) is 18.9. The number of fused-ring (bicyclic) bond motifs is 7. The molecule has 2 N–H and O–H groups in total. The normalized spacial score (nSPS) is 22.6. The number of nitrogens with one attached hydrogen (secondary N) is 2. The van der Waals surface area contributed by atoms with Crippen molar-refractivity contribution in [1.82, 2.24) is 24.5 Å². The summed E-state index contributed by atoms with van der Waals surface area (Å²) in [7, 11) is 26.5. The minimum atomic E-state index is -1.86. The molecule has 2 atom stereocenters. The smallest absolute Gasteiger partial charge is 0.265 e. The van der Waals surface area contributed by atoms with Gasteiger partial charge in [-0.3, -0.25) is 9.52 Å². The average molecular weight is 779 g/mol. The van der Waals surface area contributed by atoms with Crippen LogP contribution in [0, 0.1) is 29.6 Å². The number of aryl methyl sites for hydroxylation is 1. The molecule has 56 heavy (non-hydrogen) atoms. The summed E-state index contributed by atoms with van der Waals surface area (Å²) < 4.78 is 29.6. The Morgan fingerprint density at radius 3 is 2.41 bits per heavy atom. The van der Waals surface area contributed by atoms with E-state index in [4.69, 9.17) is 50.3 Å². The molecule has 280 valence electrons. The fourth-order valence-corrected chi connectivity index (χ4v) is 10.9. The molecule has 2 aliphatic heterocycles. The predicted octanol–water partition coefficient (Wildman–Crippen LogP) is 5.33. The van der Waals surface area contributed by atoms with Gasteiger partial charge in [0.1, 0.15) is 26.5 Å². The highest BCUT2D eigenvalue weighted by Gasteiger charge is 2.89. The second-order valence-electron chi connectivity index (χ2n) is 16.9. The van der Waals surface area contributed by atoms with Gasteiger partial charge in [0.05, 0.1) is 26.2 Å². The Labute approximate surface area is 340 Å². The van der Waals surface area contributed by atoms with Gasteiger partial charge in [0.25, 0.3) is 5.91 Å². The molecule has 1 amide bonds. The first-order chi connectivity index (χ1) is 26.6. The van der Waals surface area contributed by atoms with Crippen molar-refractivity contribution in [2.75, 3.05) is 23.3 Å². The van der Waals surface area contributed by atoms with E-state index in [1.165, 1.54) is 0 Å². The lowest BCUT2D eigenvalue weighted by Crippen LogP contribution is -2.52. The summed E-state index contributed by atoms with van der Waals surface area (Å²) in [4.78, 5) is 26.5. The van der Waals surface area contributed by atoms with E-state index in [1.54, 1.807) is 53.3 Å². The van der Waals surface area contributed by atoms with E-state index in [-0.39, 0.29) is 34.1 Å². The summed E-state index contributed by atoms with van der Waals surface area (Å²) in [5.74, 6) is 2.02. The van der Waals surface area contributed by atoms with Gasteiger partial charge in [-0.1, -0.05) is 22.9 Å². The van der Waals surface area contributed by atoms with Gasteiger partial charge in [-0.2, -0.15) is 0 Å². The molecular formula is C39H41B4N7O4S2. The lowest BCUT2D eigenvalue weighted by molar-refractivity contribution is 0.0984. The number of rotatable bonds is 8. The Hall–Kier alpha value is -3.84. The van der Waals surface area contributed by atoms with E-state index in [2.05, 4.69) is 33.9 Å². The Balaban J connectivity index is 0.965. The first-order valence-electron chi connectivity index (χ1n) is 19.2. The van der Waals surface area contributed by atoms with Crippen LogP contribution in [-0.2, 0) is 11.1 Å². The van der Waals surface area contributed by atoms with Gasteiger partial charge < -0.3 is 19.1 Å². The minimum Gasteiger partial charge on any atom is -0.491 e. The van der Waals surface area contributed by atoms with Crippen molar-refractivity contribution in [2.24, 2.45) is 22.7 Å². The van der Waals surface area contributed by atoms with E-state index in [0.29, 0.717) is 57.7 Å². The largest absolute Gasteiger partial charge is 0.491 e. The van der Waals surface area contributed by atoms with Crippen LogP contribution in [0.25, 0.3) is 5.82 Å². The molecule has 9 rings (SSSR count). The number of nitrogens with zero attached hydrogens (tertiary/aromatic N) is 5. The maximum absolute atomic E-state index is 14.0. The molecule has 3 saturated carbocycles. The van der Waals surface area contributed by atoms with E-state index in [0.717, 1.165) is 62.5 Å². The predicted molar refractivity (Wildman–Crippen MR) is 220 cm³/mol. The first kappa shape index (κ1) is 37.7. The number of hydrogen-bond donors (Lipinski definition) is 2. The zero-order valence-electron chi connectivity index (χ0n) is 31.8. The van der Waals surface area contributed by atoms with E-state index < -0.39 is 21.7 Å². The van der Waals surface area contributed by atoms with Crippen LogP contribution in [0.3, 0.4) is 0 Å². The molecule has 4 fully saturated rings. The van der Waals surface area contributed by atoms with Gasteiger partial charge in [0.15, 0.2) is 17.4 Å². The fourth-order valence-electron chi connectivity index (χ4n) is 9.58. The molecule has 2 unspecified atom stereocenters. The Kier molecular flexibility index (Phi) is 9.00. The van der Waals surface area contributed by atoms with Gasteiger partial charge in [-0.05, 0) is 125 Å². The molecule has 5 heterocycles. The van der Waals surface area contributed by atoms with Crippen LogP contribution in [-0.4, -0.2) is 85.3 Å². The van der Waals surface area contributed by atoms with Crippen molar-refractivity contribution in [3.8, 4) is 17.4 Å². The zero-order valence-corrected chi connectivity index (χ0v) is 33.4. The zero-order chi connectivity index (χ0) is 39.3. The highest BCUT2D eigenvalue weighted by Crippen LogP contribution is 2.96. The fraction of sp³-hybridized carbons (Fsp3) is 0.487. The standard InChI is InChI=1S/C39H41B4N7O4S2/c1-23-6-8-25(9-7-23)56(52)54-27-11-13-30-46-31(27)44-19-4-5-24-21-35(2,3)49(22-24)32-26(33(51)48-55-30)10-12-28(45-32)50-20-14-29(47-50)53-39(42,43)38(40,41)34-36(15-16-36)37(34)17-18-37/h6-14,20,24,34H,4-5,15-19,21-22H2,1-3H3,(H,44,46)(H,48,51). The lowest BCUT2D eigenvalue weighted by atomic mass is 9.33. The van der Waals surface area contributed by atoms with E-state index >= 15 is 0 Å². The quantitative estimate of drug-likeness (QED) is 0.179. The number of carbonyl (C=O) groups excluding carboxylic acids is 1. The number of hydrogen-bond acceptors (Lipinski definition) is 10. The molecule has 17 heteroatoms. The monoisotopic (exact) mass is 779 g/mol. The molecule has 3 aromatic heterocycles. The van der Waals surface area contributed by atoms with Crippen molar-refractivity contribution < 1.29 is 17.9 Å². The Bertz CT molecular complexity index is 2210. The van der Waals surface area contributed by atoms with Crippen molar-refractivity contribution >= 4 is 72.0 Å². The third kappa shape index (κ3) is 6.44. The summed E-state index contributed by atoms with van der Waals surface area (Å²) in [6.07, 6.45) is 8.81. The van der Waals surface area contributed by atoms with Gasteiger partial charge in [-0.25, -0.2) is 18.9 Å². The van der Waals surface area contributed by atoms with Crippen molar-refractivity contribution in [3.63, 3.8) is 0 Å². The van der Waals surface area contributed by atoms with Gasteiger partial charge >= 0.3 is 0 Å². The number of pyridine rings is 2. The van der Waals surface area contributed by atoms with Crippen LogP contribution in [0.15, 0.2) is 70.7 Å². The molecular weight excluding hydrogens is 738 g/mol. The summed E-state index contributed by atoms with van der Waals surface area (Å²) in [6, 6.07) is 15.9. The lowest BCUT2D eigenvalue weighted by Gasteiger charge is -2.45. The molecule has 4 aromatic rings. The van der Waals surface area contributed by atoms with E-state index in [1.807, 2.05) is 19.1 Å². The maximum atomic E-state index is 14.0. The number of carbonyl (C=O) groups is 1. The van der Waals surface area contributed by atoms with Crippen molar-refractivity contribution in [2.45, 2.75) is 91.8 Å². The average Bonchev–Trinajstić information content (AvgIpc) is 4.11. The van der Waals surface area contributed by atoms with Gasteiger partial charge in [0, 0.05) is 48.2 Å². The van der Waals surface area contributed by atoms with Crippen LogP contribution in [0.4, 0.5) is 11.6 Å². The first-order valence-corrected chi connectivity index (χ1v) is 21.1. The van der Waals surface area contributed by atoms with Crippen molar-refractivity contribution in [1.29, 1.82) is 0 Å². The molecule has 11 nitrogen and oxygen atoms in total. The van der Waals surface area contributed by atoms with Crippen LogP contribution in [0.5, 0.6) is 11.6 Å². The molecule has 1 aromatic carbocycles. The van der Waals surface area contributed by atoms with E-state index in [9.17, 15) is 9.00 Å². The number of aromatic nitrogens is 4. The third-order valence-electron chi connectivity index (χ3n) is 12.7. The summed E-state index contributed by atoms with van der Waals surface area (Å²) in [5.41, 5.74) is 1.51. The molecule has 2 spiro atoms. The maximum Gasteiger partial charge on any atom is 0.265 e.